The number of halogens is 2. The van der Waals surface area contributed by atoms with Crippen LogP contribution in [-0.2, 0) is 13.0 Å². The molecule has 0 atom stereocenters. The van der Waals surface area contributed by atoms with E-state index in [1.807, 2.05) is 12.1 Å². The van der Waals surface area contributed by atoms with Crippen molar-refractivity contribution >= 4 is 40.2 Å². The van der Waals surface area contributed by atoms with Gasteiger partial charge in [0.25, 0.3) is 0 Å². The predicted molar refractivity (Wildman–Crippen MR) is 77.5 cm³/mol. The number of thiophene rings is 1. The molecule has 0 fully saturated rings. The molecule has 1 heterocycles. The van der Waals surface area contributed by atoms with E-state index in [4.69, 9.17) is 23.2 Å². The Bertz CT molecular complexity index is 465. The first kappa shape index (κ1) is 12.7. The van der Waals surface area contributed by atoms with E-state index >= 15 is 0 Å². The Balaban J connectivity index is 1.90. The molecule has 0 saturated carbocycles. The van der Waals surface area contributed by atoms with Crippen molar-refractivity contribution in [1.29, 1.82) is 0 Å². The normalized spacial score (nSPS) is 10.5. The fourth-order valence-corrected chi connectivity index (χ4v) is 2.78. The minimum absolute atomic E-state index is 0.667. The summed E-state index contributed by atoms with van der Waals surface area (Å²) in [6.07, 6.45) is 0.919. The lowest BCUT2D eigenvalue weighted by Crippen LogP contribution is -1.97. The lowest BCUT2D eigenvalue weighted by molar-refractivity contribution is 1.14. The summed E-state index contributed by atoms with van der Waals surface area (Å²) in [5, 5.41) is 3.36. The van der Waals surface area contributed by atoms with Crippen LogP contribution in [0.25, 0.3) is 0 Å². The Morgan fingerprint density at radius 1 is 1.06 bits per heavy atom. The van der Waals surface area contributed by atoms with Gasteiger partial charge in [0, 0.05) is 23.0 Å². The van der Waals surface area contributed by atoms with Gasteiger partial charge in [-0.1, -0.05) is 23.7 Å². The van der Waals surface area contributed by atoms with Crippen LogP contribution in [0.4, 0.5) is 5.69 Å². The fourth-order valence-electron chi connectivity index (χ4n) is 1.53. The molecule has 1 nitrogen and oxygen atoms in total. The van der Waals surface area contributed by atoms with Crippen LogP contribution in [0, 0.1) is 0 Å². The second kappa shape index (κ2) is 6.29. The number of alkyl halides is 1. The van der Waals surface area contributed by atoms with Crippen molar-refractivity contribution in [3.8, 4) is 0 Å². The number of anilines is 1. The van der Waals surface area contributed by atoms with Gasteiger partial charge in [-0.15, -0.1) is 22.9 Å². The molecule has 0 radical (unpaired) electrons. The first-order chi connectivity index (χ1) is 8.28. The molecule has 2 aromatic rings. The maximum absolute atomic E-state index is 5.88. The fraction of sp³-hybridized carbons (Fsp3) is 0.231. The van der Waals surface area contributed by atoms with Crippen molar-refractivity contribution in [1.82, 2.24) is 0 Å². The summed E-state index contributed by atoms with van der Waals surface area (Å²) in [5.41, 5.74) is 2.39. The highest BCUT2D eigenvalue weighted by molar-refractivity contribution is 7.16. The minimum atomic E-state index is 0.667. The topological polar surface area (TPSA) is 12.0 Å². The molecule has 0 aliphatic heterocycles. The van der Waals surface area contributed by atoms with Crippen LogP contribution in [0.15, 0.2) is 36.4 Å². The molecule has 1 aromatic heterocycles. The smallest absolute Gasteiger partial charge is 0.0931 e. The van der Waals surface area contributed by atoms with Crippen molar-refractivity contribution in [2.75, 3.05) is 11.2 Å². The zero-order valence-electron chi connectivity index (χ0n) is 9.25. The molecule has 0 unspecified atom stereocenters. The quantitative estimate of drug-likeness (QED) is 0.779. The lowest BCUT2D eigenvalue weighted by Gasteiger charge is -2.05. The highest BCUT2D eigenvalue weighted by Crippen LogP contribution is 2.22. The molecule has 2 rings (SSSR count). The van der Waals surface area contributed by atoms with Gasteiger partial charge < -0.3 is 5.32 Å². The van der Waals surface area contributed by atoms with Gasteiger partial charge in [-0.3, -0.25) is 0 Å². The maximum atomic E-state index is 5.88. The van der Waals surface area contributed by atoms with Crippen molar-refractivity contribution in [2.24, 2.45) is 0 Å². The lowest BCUT2D eigenvalue weighted by atomic mass is 10.1. The van der Waals surface area contributed by atoms with Crippen molar-refractivity contribution in [2.45, 2.75) is 13.0 Å². The van der Waals surface area contributed by atoms with E-state index < -0.39 is 0 Å². The van der Waals surface area contributed by atoms with E-state index in [0.717, 1.165) is 23.0 Å². The summed E-state index contributed by atoms with van der Waals surface area (Å²) >= 11 is 13.2. The summed E-state index contributed by atoms with van der Waals surface area (Å²) in [4.78, 5) is 1.24. The highest BCUT2D eigenvalue weighted by Gasteiger charge is 1.98. The van der Waals surface area contributed by atoms with Gasteiger partial charge in [-0.05, 0) is 36.2 Å². The van der Waals surface area contributed by atoms with Gasteiger partial charge in [0.1, 0.15) is 0 Å². The van der Waals surface area contributed by atoms with Crippen LogP contribution in [-0.4, -0.2) is 5.88 Å². The summed E-state index contributed by atoms with van der Waals surface area (Å²) in [7, 11) is 0. The molecule has 90 valence electrons. The number of rotatable bonds is 5. The van der Waals surface area contributed by atoms with Crippen molar-refractivity contribution in [3.05, 3.63) is 51.2 Å². The molecule has 0 aliphatic carbocycles. The van der Waals surface area contributed by atoms with E-state index in [1.54, 1.807) is 11.3 Å². The molecule has 1 N–H and O–H groups in total. The third kappa shape index (κ3) is 3.91. The van der Waals surface area contributed by atoms with E-state index in [-0.39, 0.29) is 0 Å². The van der Waals surface area contributed by atoms with Crippen molar-refractivity contribution < 1.29 is 0 Å². The summed E-state index contributed by atoms with van der Waals surface area (Å²) in [5.74, 6) is 0.667. The Kier molecular flexibility index (Phi) is 4.72. The Labute approximate surface area is 115 Å². The van der Waals surface area contributed by atoms with Crippen LogP contribution >= 0.6 is 34.5 Å². The van der Waals surface area contributed by atoms with Gasteiger partial charge in [0.15, 0.2) is 0 Å². The van der Waals surface area contributed by atoms with Crippen LogP contribution < -0.4 is 5.32 Å². The predicted octanol–water partition coefficient (Wildman–Crippen LogP) is 4.79. The molecule has 0 aliphatic rings. The number of aryl methyl sites for hydroxylation is 1. The average Bonchev–Trinajstić information content (AvgIpc) is 2.75. The Morgan fingerprint density at radius 3 is 2.41 bits per heavy atom. The van der Waals surface area contributed by atoms with Gasteiger partial charge in [0.05, 0.1) is 4.34 Å². The van der Waals surface area contributed by atoms with E-state index in [0.29, 0.717) is 5.88 Å². The zero-order chi connectivity index (χ0) is 12.1. The monoisotopic (exact) mass is 285 g/mol. The van der Waals surface area contributed by atoms with E-state index in [2.05, 4.69) is 29.6 Å². The summed E-state index contributed by atoms with van der Waals surface area (Å²) in [6.45, 7) is 0.812. The minimum Gasteiger partial charge on any atom is -0.380 e. The van der Waals surface area contributed by atoms with Gasteiger partial charge in [0.2, 0.25) is 0 Å². The Hall–Kier alpha value is -0.700. The van der Waals surface area contributed by atoms with Crippen LogP contribution in [0.1, 0.15) is 10.4 Å². The van der Waals surface area contributed by atoms with Crippen LogP contribution in [0.3, 0.4) is 0 Å². The number of nitrogens with one attached hydrogen (secondary N) is 1. The molecule has 0 bridgehead atoms. The van der Waals surface area contributed by atoms with Crippen LogP contribution in [0.2, 0.25) is 4.34 Å². The maximum Gasteiger partial charge on any atom is 0.0931 e. The number of benzene rings is 1. The van der Waals surface area contributed by atoms with E-state index in [9.17, 15) is 0 Å². The van der Waals surface area contributed by atoms with Crippen LogP contribution in [0.5, 0.6) is 0 Å². The van der Waals surface area contributed by atoms with Crippen molar-refractivity contribution in [3.63, 3.8) is 0 Å². The van der Waals surface area contributed by atoms with E-state index in [1.165, 1.54) is 10.4 Å². The average molecular weight is 286 g/mol. The standard InChI is InChI=1S/C13H13Cl2NS/c14-8-7-10-1-3-11(4-2-10)16-9-12-5-6-13(15)17-12/h1-6,16H,7-9H2. The molecular formula is C13H13Cl2NS. The first-order valence-corrected chi connectivity index (χ1v) is 7.14. The molecule has 0 amide bonds. The Morgan fingerprint density at radius 2 is 1.82 bits per heavy atom. The SMILES string of the molecule is ClCCc1ccc(NCc2ccc(Cl)s2)cc1. The third-order valence-electron chi connectivity index (χ3n) is 2.43. The third-order valence-corrected chi connectivity index (χ3v) is 3.85. The summed E-state index contributed by atoms with van der Waals surface area (Å²) in [6, 6.07) is 12.3. The number of hydrogen-bond acceptors (Lipinski definition) is 2. The summed E-state index contributed by atoms with van der Waals surface area (Å²) < 4.78 is 0.833. The second-order valence-corrected chi connectivity index (χ2v) is 5.87. The number of hydrogen-bond donors (Lipinski definition) is 1. The molecule has 1 aromatic carbocycles. The first-order valence-electron chi connectivity index (χ1n) is 5.41. The molecule has 0 saturated heterocycles. The second-order valence-electron chi connectivity index (χ2n) is 3.70. The molecule has 4 heteroatoms. The largest absolute Gasteiger partial charge is 0.380 e. The highest BCUT2D eigenvalue weighted by atomic mass is 35.5. The molecule has 17 heavy (non-hydrogen) atoms. The molecular weight excluding hydrogens is 273 g/mol. The zero-order valence-corrected chi connectivity index (χ0v) is 11.6. The van der Waals surface area contributed by atoms with Gasteiger partial charge in [-0.25, -0.2) is 0 Å². The van der Waals surface area contributed by atoms with Gasteiger partial charge in [-0.2, -0.15) is 0 Å². The molecule has 0 spiro atoms. The van der Waals surface area contributed by atoms with Gasteiger partial charge >= 0.3 is 0 Å².